The molecule has 0 aliphatic carbocycles. The zero-order valence-electron chi connectivity index (χ0n) is 16.5. The highest BCUT2D eigenvalue weighted by Crippen LogP contribution is 2.19. The quantitative estimate of drug-likeness (QED) is 0.162. The van der Waals surface area contributed by atoms with Crippen molar-refractivity contribution in [2.75, 3.05) is 32.8 Å². The lowest BCUT2D eigenvalue weighted by molar-refractivity contribution is -0.0498. The van der Waals surface area contributed by atoms with Crippen LogP contribution in [0.25, 0.3) is 0 Å². The number of aliphatic hydroxyl groups excluding tert-OH is 1. The minimum absolute atomic E-state index is 0. The second-order valence-corrected chi connectivity index (χ2v) is 5.93. The monoisotopic (exact) mass is 515 g/mol. The number of nitrogens with zero attached hydrogens (tertiary/aromatic N) is 1. The predicted octanol–water partition coefficient (Wildman–Crippen LogP) is 3.70. The Morgan fingerprint density at radius 1 is 1.11 bits per heavy atom. The number of aliphatic imine (C=N–C) groups is 1. The zero-order chi connectivity index (χ0) is 19.9. The highest BCUT2D eigenvalue weighted by molar-refractivity contribution is 14.0. The molecule has 0 saturated carbocycles. The number of guanidine groups is 1. The van der Waals surface area contributed by atoms with E-state index in [9.17, 15) is 13.9 Å². The Morgan fingerprint density at radius 3 is 2.39 bits per heavy atom. The van der Waals surface area contributed by atoms with Crippen molar-refractivity contribution in [3.8, 4) is 5.75 Å². The van der Waals surface area contributed by atoms with Crippen LogP contribution in [0.2, 0.25) is 0 Å². The second kappa shape index (κ2) is 16.7. The first kappa shape index (κ1) is 26.8. The number of benzene rings is 1. The summed E-state index contributed by atoms with van der Waals surface area (Å²) >= 11 is 0. The minimum atomic E-state index is -2.86. The van der Waals surface area contributed by atoms with Crippen LogP contribution in [-0.2, 0) is 4.74 Å². The average molecular weight is 515 g/mol. The van der Waals surface area contributed by atoms with Crippen LogP contribution in [0, 0.1) is 0 Å². The van der Waals surface area contributed by atoms with Gasteiger partial charge in [-0.25, -0.2) is 0 Å². The largest absolute Gasteiger partial charge is 0.435 e. The molecule has 1 aromatic carbocycles. The third-order valence-corrected chi connectivity index (χ3v) is 3.66. The van der Waals surface area contributed by atoms with Gasteiger partial charge in [-0.3, -0.25) is 4.99 Å². The van der Waals surface area contributed by atoms with Gasteiger partial charge in [0.1, 0.15) is 5.75 Å². The van der Waals surface area contributed by atoms with Gasteiger partial charge in [-0.15, -0.1) is 24.0 Å². The van der Waals surface area contributed by atoms with Gasteiger partial charge >= 0.3 is 6.61 Å². The molecule has 9 heteroatoms. The summed E-state index contributed by atoms with van der Waals surface area (Å²) < 4.78 is 34.1. The molecule has 28 heavy (non-hydrogen) atoms. The Balaban J connectivity index is 0.00000729. The summed E-state index contributed by atoms with van der Waals surface area (Å²) in [6.45, 7) is 4.28. The molecule has 0 aromatic heterocycles. The Hall–Kier alpha value is -1.20. The van der Waals surface area contributed by atoms with Crippen LogP contribution in [0.1, 0.15) is 44.8 Å². The fraction of sp³-hybridized carbons (Fsp3) is 0.632. The van der Waals surface area contributed by atoms with Crippen molar-refractivity contribution in [3.05, 3.63) is 29.8 Å². The van der Waals surface area contributed by atoms with E-state index in [1.165, 1.54) is 12.1 Å². The topological polar surface area (TPSA) is 75.1 Å². The molecule has 1 atom stereocenters. The molecule has 6 nitrogen and oxygen atoms in total. The van der Waals surface area contributed by atoms with E-state index in [4.69, 9.17) is 4.74 Å². The van der Waals surface area contributed by atoms with Gasteiger partial charge in [0.15, 0.2) is 5.96 Å². The fourth-order valence-electron chi connectivity index (χ4n) is 2.23. The van der Waals surface area contributed by atoms with Crippen LogP contribution in [0.4, 0.5) is 8.78 Å². The number of hydrogen-bond acceptors (Lipinski definition) is 4. The van der Waals surface area contributed by atoms with Crippen molar-refractivity contribution in [1.82, 2.24) is 10.6 Å². The van der Waals surface area contributed by atoms with Gasteiger partial charge in [0, 0.05) is 26.3 Å². The maximum atomic E-state index is 12.2. The summed E-state index contributed by atoms with van der Waals surface area (Å²) in [7, 11) is 0. The summed E-state index contributed by atoms with van der Waals surface area (Å²) in [5.74, 6) is 0.670. The van der Waals surface area contributed by atoms with Crippen LogP contribution in [0.5, 0.6) is 5.75 Å². The van der Waals surface area contributed by atoms with Crippen molar-refractivity contribution in [3.63, 3.8) is 0 Å². The molecule has 0 amide bonds. The summed E-state index contributed by atoms with van der Waals surface area (Å²) in [6, 6.07) is 5.89. The van der Waals surface area contributed by atoms with Crippen LogP contribution in [0.15, 0.2) is 29.3 Å². The zero-order valence-corrected chi connectivity index (χ0v) is 18.8. The van der Waals surface area contributed by atoms with E-state index < -0.39 is 12.7 Å². The van der Waals surface area contributed by atoms with Gasteiger partial charge in [-0.2, -0.15) is 8.78 Å². The molecule has 1 unspecified atom stereocenters. The molecule has 0 fully saturated rings. The number of unbranched alkanes of at least 4 members (excludes halogenated alkanes) is 1. The van der Waals surface area contributed by atoms with E-state index in [2.05, 4.69) is 27.3 Å². The van der Waals surface area contributed by atoms with E-state index in [0.717, 1.165) is 25.9 Å². The first-order valence-corrected chi connectivity index (χ1v) is 9.39. The molecule has 1 rings (SSSR count). The fourth-order valence-corrected chi connectivity index (χ4v) is 2.23. The maximum absolute atomic E-state index is 12.2. The lowest BCUT2D eigenvalue weighted by Crippen LogP contribution is -2.38. The lowest BCUT2D eigenvalue weighted by atomic mass is 10.1. The molecule has 0 spiro atoms. The summed E-state index contributed by atoms with van der Waals surface area (Å²) in [4.78, 5) is 4.36. The Labute approximate surface area is 183 Å². The summed E-state index contributed by atoms with van der Waals surface area (Å²) in [6.07, 6.45) is 2.23. The average Bonchev–Trinajstić information content (AvgIpc) is 2.65. The van der Waals surface area contributed by atoms with E-state index >= 15 is 0 Å². The van der Waals surface area contributed by atoms with Crippen LogP contribution in [-0.4, -0.2) is 50.5 Å². The van der Waals surface area contributed by atoms with Crippen LogP contribution in [0.3, 0.4) is 0 Å². The standard InChI is InChI=1S/C19H31F2N3O3.HI/c1-3-5-12-26-13-6-11-23-19(22-4-2)24-14-17(25)15-7-9-16(10-8-15)27-18(20)21;/h7-10,17-18,25H,3-6,11-14H2,1-2H3,(H2,22,23,24);1H. The van der Waals surface area contributed by atoms with Crippen LogP contribution < -0.4 is 15.4 Å². The normalized spacial score (nSPS) is 12.4. The summed E-state index contributed by atoms with van der Waals surface area (Å²) in [5, 5.41) is 16.5. The molecular weight excluding hydrogens is 483 g/mol. The predicted molar refractivity (Wildman–Crippen MR) is 118 cm³/mol. The second-order valence-electron chi connectivity index (χ2n) is 5.93. The molecular formula is C19H32F2IN3O3. The molecule has 1 aromatic rings. The molecule has 0 aliphatic heterocycles. The van der Waals surface area contributed by atoms with E-state index in [1.807, 2.05) is 6.92 Å². The summed E-state index contributed by atoms with van der Waals surface area (Å²) in [5.41, 5.74) is 0.584. The van der Waals surface area contributed by atoms with Crippen molar-refractivity contribution in [2.24, 2.45) is 4.99 Å². The van der Waals surface area contributed by atoms with Gasteiger partial charge in [-0.1, -0.05) is 25.5 Å². The minimum Gasteiger partial charge on any atom is -0.435 e. The third kappa shape index (κ3) is 12.3. The lowest BCUT2D eigenvalue weighted by Gasteiger charge is -2.14. The van der Waals surface area contributed by atoms with Gasteiger partial charge in [0.25, 0.3) is 0 Å². The number of aliphatic hydroxyl groups is 1. The molecule has 3 N–H and O–H groups in total. The molecule has 0 heterocycles. The van der Waals surface area contributed by atoms with E-state index in [1.54, 1.807) is 12.1 Å². The maximum Gasteiger partial charge on any atom is 0.387 e. The number of rotatable bonds is 13. The van der Waals surface area contributed by atoms with Crippen molar-refractivity contribution in [1.29, 1.82) is 0 Å². The number of halogens is 3. The number of hydrogen-bond donors (Lipinski definition) is 3. The highest BCUT2D eigenvalue weighted by atomic mass is 127. The molecule has 0 saturated heterocycles. The molecule has 162 valence electrons. The third-order valence-electron chi connectivity index (χ3n) is 3.66. The Bertz CT molecular complexity index is 534. The number of nitrogens with one attached hydrogen (secondary N) is 2. The van der Waals surface area contributed by atoms with Gasteiger partial charge in [0.2, 0.25) is 0 Å². The smallest absolute Gasteiger partial charge is 0.387 e. The van der Waals surface area contributed by atoms with Crippen molar-refractivity contribution in [2.45, 2.75) is 45.8 Å². The highest BCUT2D eigenvalue weighted by Gasteiger charge is 2.09. The van der Waals surface area contributed by atoms with Gasteiger partial charge in [-0.05, 0) is 37.5 Å². The number of ether oxygens (including phenoxy) is 2. The first-order valence-electron chi connectivity index (χ1n) is 9.39. The van der Waals surface area contributed by atoms with Crippen LogP contribution >= 0.6 is 24.0 Å². The molecule has 0 bridgehead atoms. The number of alkyl halides is 2. The van der Waals surface area contributed by atoms with E-state index in [-0.39, 0.29) is 36.3 Å². The molecule has 0 radical (unpaired) electrons. The van der Waals surface area contributed by atoms with E-state index in [0.29, 0.717) is 31.2 Å². The van der Waals surface area contributed by atoms with Crippen molar-refractivity contribution >= 4 is 29.9 Å². The van der Waals surface area contributed by atoms with Gasteiger partial charge in [0.05, 0.1) is 12.6 Å². The first-order chi connectivity index (χ1) is 13.1. The van der Waals surface area contributed by atoms with Gasteiger partial charge < -0.3 is 25.2 Å². The Kier molecular flexibility index (Phi) is 16.0. The van der Waals surface area contributed by atoms with Crippen molar-refractivity contribution < 1.29 is 23.4 Å². The SMILES string of the molecule is CCCCOCCCNC(=NCC(O)c1ccc(OC(F)F)cc1)NCC.I. The Morgan fingerprint density at radius 2 is 1.79 bits per heavy atom. The molecule has 0 aliphatic rings.